The van der Waals surface area contributed by atoms with E-state index in [-0.39, 0.29) is 11.8 Å². The summed E-state index contributed by atoms with van der Waals surface area (Å²) in [5.74, 6) is 1.58. The van der Waals surface area contributed by atoms with Crippen LogP contribution in [0.2, 0.25) is 0 Å². The van der Waals surface area contributed by atoms with Crippen LogP contribution in [0.1, 0.15) is 26.7 Å². The van der Waals surface area contributed by atoms with Crippen molar-refractivity contribution in [3.05, 3.63) is 0 Å². The molecule has 3 N–H and O–H groups in total. The number of hydrogen-bond donors (Lipinski definition) is 3. The minimum Gasteiger partial charge on any atom is -0.480 e. The molecule has 5 nitrogen and oxygen atoms in total. The van der Waals surface area contributed by atoms with Crippen LogP contribution in [0.3, 0.4) is 0 Å². The summed E-state index contributed by atoms with van der Waals surface area (Å²) in [7, 11) is 0. The lowest BCUT2D eigenvalue weighted by Crippen LogP contribution is -2.46. The van der Waals surface area contributed by atoms with Crippen molar-refractivity contribution in [3.63, 3.8) is 0 Å². The maximum Gasteiger partial charge on any atom is 0.327 e. The molecule has 5 heteroatoms. The zero-order valence-corrected chi connectivity index (χ0v) is 10.1. The van der Waals surface area contributed by atoms with E-state index in [2.05, 4.69) is 30.4 Å². The van der Waals surface area contributed by atoms with Crippen molar-refractivity contribution < 1.29 is 14.7 Å². The minimum absolute atomic E-state index is 0.0162. The first kappa shape index (κ1) is 13.4. The Hall–Kier alpha value is -1.70. The van der Waals surface area contributed by atoms with Crippen molar-refractivity contribution >= 4 is 12.0 Å². The van der Waals surface area contributed by atoms with Gasteiger partial charge < -0.3 is 15.7 Å². The Morgan fingerprint density at radius 3 is 2.59 bits per heavy atom. The number of amides is 2. The maximum atomic E-state index is 11.4. The molecule has 17 heavy (non-hydrogen) atoms. The summed E-state index contributed by atoms with van der Waals surface area (Å²) < 4.78 is 0. The van der Waals surface area contributed by atoms with Gasteiger partial charge >= 0.3 is 12.0 Å². The highest BCUT2D eigenvalue weighted by atomic mass is 16.4. The smallest absolute Gasteiger partial charge is 0.327 e. The first-order valence-electron chi connectivity index (χ1n) is 5.57. The van der Waals surface area contributed by atoms with Gasteiger partial charge in [0.15, 0.2) is 0 Å². The molecule has 0 saturated heterocycles. The number of carboxylic acid groups (broad SMARTS) is 1. The lowest BCUT2D eigenvalue weighted by Gasteiger charge is -2.13. The lowest BCUT2D eigenvalue weighted by molar-refractivity contribution is -0.139. The van der Waals surface area contributed by atoms with Crippen molar-refractivity contribution in [2.75, 3.05) is 6.54 Å². The van der Waals surface area contributed by atoms with Gasteiger partial charge in [0.25, 0.3) is 0 Å². The van der Waals surface area contributed by atoms with Crippen LogP contribution in [-0.4, -0.2) is 29.7 Å². The quantitative estimate of drug-likeness (QED) is 0.620. The predicted molar refractivity (Wildman–Crippen MR) is 63.3 cm³/mol. The van der Waals surface area contributed by atoms with Gasteiger partial charge in [-0.1, -0.05) is 13.8 Å². The monoisotopic (exact) mass is 238 g/mol. The Labute approximate surface area is 101 Å². The van der Waals surface area contributed by atoms with Crippen molar-refractivity contribution in [3.8, 4) is 12.3 Å². The number of carbonyl (C=O) groups is 2. The third kappa shape index (κ3) is 3.99. The molecular formula is C12H18N2O3. The van der Waals surface area contributed by atoms with Gasteiger partial charge in [-0.25, -0.2) is 9.59 Å². The topological polar surface area (TPSA) is 78.4 Å². The number of terminal acetylenes is 1. The highest BCUT2D eigenvalue weighted by Crippen LogP contribution is 2.50. The van der Waals surface area contributed by atoms with Gasteiger partial charge in [-0.15, -0.1) is 12.3 Å². The van der Waals surface area contributed by atoms with Crippen LogP contribution < -0.4 is 10.6 Å². The highest BCUT2D eigenvalue weighted by molar-refractivity contribution is 5.82. The number of rotatable bonds is 5. The molecule has 0 heterocycles. The summed E-state index contributed by atoms with van der Waals surface area (Å²) >= 11 is 0. The van der Waals surface area contributed by atoms with Crippen LogP contribution in [0.5, 0.6) is 0 Å². The van der Waals surface area contributed by atoms with E-state index >= 15 is 0 Å². The SMILES string of the molecule is C#CCC(NC(=O)NCC1CC1(C)C)C(=O)O. The Balaban J connectivity index is 2.28. The van der Waals surface area contributed by atoms with Gasteiger partial charge in [0, 0.05) is 13.0 Å². The van der Waals surface area contributed by atoms with E-state index in [9.17, 15) is 9.59 Å². The Morgan fingerprint density at radius 1 is 1.59 bits per heavy atom. The molecule has 2 atom stereocenters. The molecule has 0 aromatic rings. The first-order chi connectivity index (χ1) is 7.86. The molecule has 1 aliphatic rings. The van der Waals surface area contributed by atoms with Gasteiger partial charge in [0.2, 0.25) is 0 Å². The predicted octanol–water partition coefficient (Wildman–Crippen LogP) is 0.808. The number of hydrogen-bond acceptors (Lipinski definition) is 2. The molecule has 0 bridgehead atoms. The Kier molecular flexibility index (Phi) is 4.00. The lowest BCUT2D eigenvalue weighted by atomic mass is 10.1. The number of carbonyl (C=O) groups excluding carboxylic acids is 1. The van der Waals surface area contributed by atoms with Gasteiger partial charge in [-0.2, -0.15) is 0 Å². The van der Waals surface area contributed by atoms with Crippen LogP contribution >= 0.6 is 0 Å². The second kappa shape index (κ2) is 5.09. The number of nitrogens with one attached hydrogen (secondary N) is 2. The summed E-state index contributed by atoms with van der Waals surface area (Å²) in [5, 5.41) is 13.8. The van der Waals surface area contributed by atoms with Gasteiger partial charge in [-0.05, 0) is 17.8 Å². The van der Waals surface area contributed by atoms with E-state index in [1.165, 1.54) is 0 Å². The summed E-state index contributed by atoms with van der Waals surface area (Å²) in [6.07, 6.45) is 6.09. The number of carboxylic acids is 1. The molecule has 0 spiro atoms. The largest absolute Gasteiger partial charge is 0.480 e. The van der Waals surface area contributed by atoms with E-state index in [4.69, 9.17) is 11.5 Å². The van der Waals surface area contributed by atoms with E-state index in [0.717, 1.165) is 6.42 Å². The second-order valence-electron chi connectivity index (χ2n) is 5.04. The Bertz CT molecular complexity index is 357. The molecule has 94 valence electrons. The molecule has 1 saturated carbocycles. The van der Waals surface area contributed by atoms with E-state index in [0.29, 0.717) is 12.5 Å². The van der Waals surface area contributed by atoms with Crippen molar-refractivity contribution in [1.82, 2.24) is 10.6 Å². The van der Waals surface area contributed by atoms with E-state index < -0.39 is 18.0 Å². The summed E-state index contributed by atoms with van der Waals surface area (Å²) in [4.78, 5) is 22.2. The summed E-state index contributed by atoms with van der Waals surface area (Å²) in [6.45, 7) is 4.84. The molecule has 0 radical (unpaired) electrons. The fourth-order valence-corrected chi connectivity index (χ4v) is 1.67. The normalized spacial score (nSPS) is 22.1. The maximum absolute atomic E-state index is 11.4. The number of aliphatic carboxylic acids is 1. The van der Waals surface area contributed by atoms with Crippen LogP contribution in [-0.2, 0) is 4.79 Å². The standard InChI is InChI=1S/C12H18N2O3/c1-4-5-9(10(15)16)14-11(17)13-7-8-6-12(8,2)3/h1,8-9H,5-7H2,2-3H3,(H,15,16)(H2,13,14,17). The molecule has 0 aromatic carbocycles. The minimum atomic E-state index is -1.12. The van der Waals surface area contributed by atoms with Crippen molar-refractivity contribution in [2.24, 2.45) is 11.3 Å². The van der Waals surface area contributed by atoms with Gasteiger partial charge in [0.05, 0.1) is 0 Å². The summed E-state index contributed by atoms with van der Waals surface area (Å²) in [6, 6.07) is -1.50. The highest BCUT2D eigenvalue weighted by Gasteiger charge is 2.45. The molecular weight excluding hydrogens is 220 g/mol. The van der Waals surface area contributed by atoms with Crippen molar-refractivity contribution in [1.29, 1.82) is 0 Å². The first-order valence-corrected chi connectivity index (χ1v) is 5.57. The van der Waals surface area contributed by atoms with E-state index in [1.54, 1.807) is 0 Å². The zero-order valence-electron chi connectivity index (χ0n) is 10.1. The third-order valence-electron chi connectivity index (χ3n) is 3.15. The van der Waals surface area contributed by atoms with Crippen molar-refractivity contribution in [2.45, 2.75) is 32.7 Å². The molecule has 0 aliphatic heterocycles. The molecule has 2 amide bonds. The zero-order chi connectivity index (χ0) is 13.1. The third-order valence-corrected chi connectivity index (χ3v) is 3.15. The summed E-state index contributed by atoms with van der Waals surface area (Å²) in [5.41, 5.74) is 0.290. The average Bonchev–Trinajstić information content (AvgIpc) is 2.83. The van der Waals surface area contributed by atoms with Crippen LogP contribution in [0.25, 0.3) is 0 Å². The Morgan fingerprint density at radius 2 is 2.18 bits per heavy atom. The molecule has 0 aromatic heterocycles. The fourth-order valence-electron chi connectivity index (χ4n) is 1.67. The average molecular weight is 238 g/mol. The van der Waals surface area contributed by atoms with Gasteiger partial charge in [-0.3, -0.25) is 0 Å². The molecule has 2 unspecified atom stereocenters. The van der Waals surface area contributed by atoms with Crippen LogP contribution in [0.15, 0.2) is 0 Å². The fraction of sp³-hybridized carbons (Fsp3) is 0.667. The number of urea groups is 1. The van der Waals surface area contributed by atoms with Gasteiger partial charge in [0.1, 0.15) is 6.04 Å². The molecule has 1 rings (SSSR count). The second-order valence-corrected chi connectivity index (χ2v) is 5.04. The molecule has 1 fully saturated rings. The van der Waals surface area contributed by atoms with Crippen LogP contribution in [0, 0.1) is 23.7 Å². The van der Waals surface area contributed by atoms with Crippen LogP contribution in [0.4, 0.5) is 4.79 Å². The molecule has 1 aliphatic carbocycles. The van der Waals surface area contributed by atoms with E-state index in [1.807, 2.05) is 0 Å².